The topological polar surface area (TPSA) is 32.3 Å². The molecule has 0 saturated heterocycles. The van der Waals surface area contributed by atoms with Crippen LogP contribution < -0.4 is 9.62 Å². The summed E-state index contributed by atoms with van der Waals surface area (Å²) in [6, 6.07) is 5.06. The van der Waals surface area contributed by atoms with Crippen LogP contribution in [-0.2, 0) is 23.1 Å². The van der Waals surface area contributed by atoms with Crippen molar-refractivity contribution in [3.63, 3.8) is 0 Å². The van der Waals surface area contributed by atoms with E-state index in [0.717, 1.165) is 17.7 Å². The van der Waals surface area contributed by atoms with E-state index in [4.69, 9.17) is 0 Å². The number of alkyl halides is 3. The summed E-state index contributed by atoms with van der Waals surface area (Å²) >= 11 is 0.656. The van der Waals surface area contributed by atoms with E-state index in [1.54, 1.807) is 23.1 Å². The third-order valence-corrected chi connectivity index (χ3v) is 5.58. The van der Waals surface area contributed by atoms with Gasteiger partial charge in [0.25, 0.3) is 0 Å². The van der Waals surface area contributed by atoms with E-state index >= 15 is 0 Å². The number of hydrogen-bond acceptors (Lipinski definition) is 3. The van der Waals surface area contributed by atoms with Gasteiger partial charge in [-0.1, -0.05) is 6.92 Å². The number of rotatable bonds is 6. The van der Waals surface area contributed by atoms with E-state index in [1.165, 1.54) is 0 Å². The smallest absolute Gasteiger partial charge is 0.329 e. The molecule has 11 heteroatoms. The molecule has 31 heavy (non-hydrogen) atoms. The lowest BCUT2D eigenvalue weighted by atomic mass is 10.0. The molecule has 1 aliphatic rings. The molecule has 0 fully saturated rings. The van der Waals surface area contributed by atoms with E-state index in [-0.39, 0.29) is 5.91 Å². The molecule has 3 rings (SSSR count). The predicted molar refractivity (Wildman–Crippen MR) is 104 cm³/mol. The quantitative estimate of drug-likeness (QED) is 0.312. The fourth-order valence-electron chi connectivity index (χ4n) is 3.34. The van der Waals surface area contributed by atoms with Gasteiger partial charge in [0.15, 0.2) is 23.3 Å². The van der Waals surface area contributed by atoms with Gasteiger partial charge in [-0.25, -0.2) is 17.6 Å². The molecule has 2 aromatic rings. The molecule has 0 atom stereocenters. The fraction of sp³-hybridized carbons (Fsp3) is 0.350. The summed E-state index contributed by atoms with van der Waals surface area (Å²) in [5.74, 6) is -9.77. The molecule has 0 aliphatic carbocycles. The largest absolute Gasteiger partial charge is 0.422 e. The Morgan fingerprint density at radius 1 is 1.03 bits per heavy atom. The highest BCUT2D eigenvalue weighted by Crippen LogP contribution is 2.38. The number of benzene rings is 2. The Bertz CT molecular complexity index is 981. The molecule has 0 radical (unpaired) electrons. The molecule has 1 amide bonds. The highest BCUT2D eigenvalue weighted by atomic mass is 32.2. The average Bonchev–Trinajstić information content (AvgIpc) is 2.70. The van der Waals surface area contributed by atoms with Gasteiger partial charge in [0.2, 0.25) is 5.91 Å². The molecule has 0 spiro atoms. The molecule has 0 aromatic heterocycles. The Balaban J connectivity index is 1.76. The first-order valence-electron chi connectivity index (χ1n) is 9.29. The third-order valence-electron chi connectivity index (χ3n) is 4.77. The van der Waals surface area contributed by atoms with Crippen LogP contribution in [0.5, 0.6) is 0 Å². The Labute approximate surface area is 177 Å². The molecule has 3 nitrogen and oxygen atoms in total. The standard InChI is InChI=1S/C20H17F7N2OS/c1-2-7-29-13-5-4-11(8-10(13)3-6-14(29)30)28-31-9-12-16(21)18(23)15(20(25,26)27)19(24)17(12)22/h4-5,8,28H,2-3,6-7,9H2,1H3. The first-order chi connectivity index (χ1) is 14.6. The van der Waals surface area contributed by atoms with Crippen molar-refractivity contribution in [1.29, 1.82) is 0 Å². The molecular weight excluding hydrogens is 449 g/mol. The number of nitrogens with zero attached hydrogens (tertiary/aromatic N) is 1. The second-order valence-electron chi connectivity index (χ2n) is 6.89. The molecule has 1 heterocycles. The van der Waals surface area contributed by atoms with Crippen molar-refractivity contribution >= 4 is 29.2 Å². The molecule has 1 N–H and O–H groups in total. The summed E-state index contributed by atoms with van der Waals surface area (Å²) in [5.41, 5.74) is -1.59. The number of halogens is 7. The Hall–Kier alpha value is -2.43. The molecular formula is C20H17F7N2OS. The number of carbonyl (C=O) groups is 1. The van der Waals surface area contributed by atoms with Crippen LogP contribution in [0.2, 0.25) is 0 Å². The Kier molecular flexibility index (Phi) is 6.73. The van der Waals surface area contributed by atoms with E-state index in [1.807, 2.05) is 6.92 Å². The lowest BCUT2D eigenvalue weighted by Crippen LogP contribution is -2.35. The molecule has 0 unspecified atom stereocenters. The van der Waals surface area contributed by atoms with Crippen molar-refractivity contribution in [2.24, 2.45) is 0 Å². The van der Waals surface area contributed by atoms with E-state index in [2.05, 4.69) is 4.72 Å². The Morgan fingerprint density at radius 3 is 2.26 bits per heavy atom. The summed E-state index contributed by atoms with van der Waals surface area (Å²) in [4.78, 5) is 13.7. The number of hydrogen-bond donors (Lipinski definition) is 1. The lowest BCUT2D eigenvalue weighted by Gasteiger charge is -2.29. The number of carbonyl (C=O) groups excluding carboxylic acids is 1. The van der Waals surface area contributed by atoms with Gasteiger partial charge in [0.05, 0.1) is 0 Å². The SMILES string of the molecule is CCCN1C(=O)CCc2cc(NSCc3c(F)c(F)c(C(F)(F)F)c(F)c3F)ccc21. The van der Waals surface area contributed by atoms with Gasteiger partial charge in [-0.05, 0) is 48.6 Å². The van der Waals surface area contributed by atoms with Crippen molar-refractivity contribution in [3.8, 4) is 0 Å². The second-order valence-corrected chi connectivity index (χ2v) is 7.67. The van der Waals surface area contributed by atoms with E-state index < -0.39 is 46.3 Å². The second kappa shape index (κ2) is 8.97. The minimum Gasteiger partial charge on any atom is -0.329 e. The number of amides is 1. The van der Waals surface area contributed by atoms with Crippen LogP contribution in [0.4, 0.5) is 42.1 Å². The van der Waals surface area contributed by atoms with Crippen molar-refractivity contribution in [1.82, 2.24) is 0 Å². The first kappa shape index (κ1) is 23.2. The minimum absolute atomic E-state index is 0.0155. The number of fused-ring (bicyclic) bond motifs is 1. The van der Waals surface area contributed by atoms with Crippen molar-refractivity contribution in [3.05, 3.63) is 58.2 Å². The van der Waals surface area contributed by atoms with Gasteiger partial charge in [-0.15, -0.1) is 0 Å². The van der Waals surface area contributed by atoms with Crippen molar-refractivity contribution in [2.45, 2.75) is 38.1 Å². The lowest BCUT2D eigenvalue weighted by molar-refractivity contribution is -0.143. The van der Waals surface area contributed by atoms with Crippen LogP contribution in [-0.4, -0.2) is 12.5 Å². The van der Waals surface area contributed by atoms with Crippen LogP contribution >= 0.6 is 11.9 Å². The zero-order valence-electron chi connectivity index (χ0n) is 16.2. The maximum absolute atomic E-state index is 14.0. The normalized spacial score (nSPS) is 14.1. The van der Waals surface area contributed by atoms with Crippen molar-refractivity contribution in [2.75, 3.05) is 16.2 Å². The van der Waals surface area contributed by atoms with Crippen LogP contribution in [0.3, 0.4) is 0 Å². The van der Waals surface area contributed by atoms with Gasteiger partial charge in [0, 0.05) is 35.7 Å². The van der Waals surface area contributed by atoms with Crippen LogP contribution in [0, 0.1) is 23.3 Å². The highest BCUT2D eigenvalue weighted by molar-refractivity contribution is 7.99. The number of aryl methyl sites for hydroxylation is 1. The molecule has 1 aliphatic heterocycles. The molecule has 2 aromatic carbocycles. The summed E-state index contributed by atoms with van der Waals surface area (Å²) in [6.45, 7) is 2.51. The summed E-state index contributed by atoms with van der Waals surface area (Å²) in [6.07, 6.45) is -3.95. The molecule has 0 saturated carbocycles. The van der Waals surface area contributed by atoms with E-state index in [9.17, 15) is 35.5 Å². The van der Waals surface area contributed by atoms with Gasteiger partial charge in [0.1, 0.15) is 5.56 Å². The van der Waals surface area contributed by atoms with Crippen LogP contribution in [0.25, 0.3) is 0 Å². The minimum atomic E-state index is -5.57. The maximum Gasteiger partial charge on any atom is 0.422 e. The average molecular weight is 466 g/mol. The molecule has 168 valence electrons. The number of anilines is 2. The third kappa shape index (κ3) is 4.60. The Morgan fingerprint density at radius 2 is 1.68 bits per heavy atom. The summed E-state index contributed by atoms with van der Waals surface area (Å²) in [5, 5.41) is 0. The van der Waals surface area contributed by atoms with Gasteiger partial charge in [-0.3, -0.25) is 4.79 Å². The van der Waals surface area contributed by atoms with E-state index in [0.29, 0.717) is 37.0 Å². The van der Waals surface area contributed by atoms with Gasteiger partial charge in [-0.2, -0.15) is 13.2 Å². The zero-order chi connectivity index (χ0) is 22.9. The van der Waals surface area contributed by atoms with Crippen LogP contribution in [0.15, 0.2) is 18.2 Å². The monoisotopic (exact) mass is 466 g/mol. The first-order valence-corrected chi connectivity index (χ1v) is 10.3. The molecule has 0 bridgehead atoms. The van der Waals surface area contributed by atoms with Gasteiger partial charge >= 0.3 is 6.18 Å². The predicted octanol–water partition coefficient (Wildman–Crippen LogP) is 6.21. The zero-order valence-corrected chi connectivity index (χ0v) is 17.0. The summed E-state index contributed by atoms with van der Waals surface area (Å²) in [7, 11) is 0. The van der Waals surface area contributed by atoms with Crippen LogP contribution in [0.1, 0.15) is 36.5 Å². The van der Waals surface area contributed by atoms with Gasteiger partial charge < -0.3 is 9.62 Å². The summed E-state index contributed by atoms with van der Waals surface area (Å²) < 4.78 is 96.1. The number of nitrogens with one attached hydrogen (secondary N) is 1. The van der Waals surface area contributed by atoms with Crippen molar-refractivity contribution < 1.29 is 35.5 Å². The fourth-order valence-corrected chi connectivity index (χ4v) is 4.10. The maximum atomic E-state index is 14.0. The highest BCUT2D eigenvalue weighted by Gasteiger charge is 2.42.